The molecule has 0 unspecified atom stereocenters. The van der Waals surface area contributed by atoms with Crippen LogP contribution in [0.5, 0.6) is 11.5 Å². The summed E-state index contributed by atoms with van der Waals surface area (Å²) >= 11 is 0. The lowest BCUT2D eigenvalue weighted by Gasteiger charge is -2.45. The van der Waals surface area contributed by atoms with Crippen LogP contribution in [0.25, 0.3) is 0 Å². The lowest BCUT2D eigenvalue weighted by atomic mass is 9.81. The third kappa shape index (κ3) is 7.11. The van der Waals surface area contributed by atoms with Crippen LogP contribution in [0.1, 0.15) is 80.6 Å². The van der Waals surface area contributed by atoms with Gasteiger partial charge in [0.15, 0.2) is 34.6 Å². The number of hydrogen-bond acceptors (Lipinski definition) is 17. The number of hydrogen-bond donors (Lipinski definition) is 7. The minimum absolute atomic E-state index is 0.00570. The molecular weight excluding hydrogens is 770 g/mol. The van der Waals surface area contributed by atoms with Crippen LogP contribution in [-0.4, -0.2) is 128 Å². The van der Waals surface area contributed by atoms with Crippen molar-refractivity contribution in [3.63, 3.8) is 0 Å². The normalized spacial score (nSPS) is 25.1. The highest BCUT2D eigenvalue weighted by molar-refractivity contribution is 6.72. The maximum atomic E-state index is 14.5. The van der Waals surface area contributed by atoms with Crippen molar-refractivity contribution in [3.05, 3.63) is 87.5 Å². The minimum Gasteiger partial charge on any atom is -0.486 e. The molecule has 3 aromatic rings. The average molecular weight is 812 g/mol. The largest absolute Gasteiger partial charge is 0.486 e. The van der Waals surface area contributed by atoms with Crippen molar-refractivity contribution in [2.24, 2.45) is 20.7 Å². The summed E-state index contributed by atoms with van der Waals surface area (Å²) in [6.07, 6.45) is -8.40. The molecule has 5 aliphatic rings. The molecule has 59 heavy (non-hydrogen) atoms. The van der Waals surface area contributed by atoms with Crippen molar-refractivity contribution in [1.29, 1.82) is 0 Å². The molecule has 1 amide bonds. The maximum absolute atomic E-state index is 14.5. The molecule has 0 bridgehead atoms. The van der Waals surface area contributed by atoms with Gasteiger partial charge >= 0.3 is 5.91 Å². The highest BCUT2D eigenvalue weighted by Gasteiger charge is 2.54. The number of aliphatic imine (C=N–C) groups is 3. The monoisotopic (exact) mass is 811 g/mol. The number of amidine groups is 1. The summed E-state index contributed by atoms with van der Waals surface area (Å²) in [5, 5.41) is 65.5. The van der Waals surface area contributed by atoms with Crippen molar-refractivity contribution < 1.29 is 64.0 Å². The number of carbonyl (C=O) groups is 4. The highest BCUT2D eigenvalue weighted by Crippen LogP contribution is 2.46. The number of nitrogens with two attached hydrogens (primary N) is 1. The second-order valence-electron chi connectivity index (χ2n) is 15.1. The smallest absolute Gasteiger partial charge is 0.302 e. The van der Waals surface area contributed by atoms with Gasteiger partial charge in [0.05, 0.1) is 23.9 Å². The Hall–Kier alpha value is -5.73. The fourth-order valence-electron chi connectivity index (χ4n) is 8.28. The van der Waals surface area contributed by atoms with E-state index in [4.69, 9.17) is 19.9 Å². The van der Waals surface area contributed by atoms with E-state index < -0.39 is 73.1 Å². The van der Waals surface area contributed by atoms with Crippen LogP contribution in [-0.2, 0) is 27.4 Å². The Morgan fingerprint density at radius 3 is 2.44 bits per heavy atom. The molecule has 2 aliphatic carbocycles. The standard InChI is InChI=1S/C41H41N5O13/c42-40-44-37-28(38(55)45-40)43-18-46(37)26-6-2-1-5-20(26)14-21-15-25-27(30(51)24-13-19(16-48)7-8-23(24)29(25)50)35(57-17-22(49)9-12-47)34(21)58-39-33(54)31(52)32(53)36(59-39)41(56)10-3-4-11-41/h1-2,5-8,12-13,15,22,31-33,36,39,48-49,52-54,56H,3-4,9-11,14,16-18H2,(H2,42,45,55)/t22-,31-,32-,33+,36-,39+/m1/s1. The molecule has 1 saturated heterocycles. The van der Waals surface area contributed by atoms with Crippen LogP contribution >= 0.6 is 0 Å². The number of nitrogens with zero attached hydrogens (tertiary/aromatic N) is 4. The van der Waals surface area contributed by atoms with Gasteiger partial charge in [0.1, 0.15) is 44.0 Å². The van der Waals surface area contributed by atoms with E-state index in [1.807, 2.05) is 0 Å². The van der Waals surface area contributed by atoms with Gasteiger partial charge in [0.2, 0.25) is 12.2 Å². The number of ether oxygens (including phenoxy) is 3. The zero-order chi connectivity index (χ0) is 41.7. The number of para-hydroxylation sites is 1. The highest BCUT2D eigenvalue weighted by atomic mass is 16.7. The summed E-state index contributed by atoms with van der Waals surface area (Å²) in [6, 6.07) is 12.7. The number of carbonyl (C=O) groups excluding carboxylic acids is 4. The molecule has 3 aromatic carbocycles. The van der Waals surface area contributed by atoms with Crippen LogP contribution in [0.15, 0.2) is 63.5 Å². The first-order valence-electron chi connectivity index (χ1n) is 19.1. The van der Waals surface area contributed by atoms with Crippen molar-refractivity contribution >= 4 is 47.0 Å². The molecule has 6 atom stereocenters. The topological polar surface area (TPSA) is 284 Å². The lowest BCUT2D eigenvalue weighted by molar-refractivity contribution is -0.304. The molecule has 0 spiro atoms. The Morgan fingerprint density at radius 2 is 1.69 bits per heavy atom. The van der Waals surface area contributed by atoms with E-state index in [1.165, 1.54) is 24.3 Å². The molecule has 1 saturated carbocycles. The number of anilines is 1. The van der Waals surface area contributed by atoms with Gasteiger partial charge in [-0.2, -0.15) is 9.98 Å². The van der Waals surface area contributed by atoms with E-state index in [1.54, 1.807) is 29.2 Å². The van der Waals surface area contributed by atoms with Gasteiger partial charge in [-0.25, -0.2) is 0 Å². The van der Waals surface area contributed by atoms with E-state index in [2.05, 4.69) is 15.0 Å². The summed E-state index contributed by atoms with van der Waals surface area (Å²) in [4.78, 5) is 66.8. The first-order chi connectivity index (χ1) is 28.3. The third-order valence-corrected chi connectivity index (χ3v) is 11.3. The second-order valence-corrected chi connectivity index (χ2v) is 15.1. The number of benzene rings is 3. The predicted molar refractivity (Wildman–Crippen MR) is 207 cm³/mol. The number of guanidine groups is 1. The molecule has 308 valence electrons. The zero-order valence-corrected chi connectivity index (χ0v) is 31.4. The fourth-order valence-corrected chi connectivity index (χ4v) is 8.28. The van der Waals surface area contributed by atoms with Gasteiger partial charge in [-0.1, -0.05) is 37.1 Å². The van der Waals surface area contributed by atoms with E-state index in [9.17, 15) is 49.8 Å². The van der Waals surface area contributed by atoms with Crippen molar-refractivity contribution in [2.75, 3.05) is 18.2 Å². The summed E-state index contributed by atoms with van der Waals surface area (Å²) in [5.74, 6) is -2.70. The summed E-state index contributed by atoms with van der Waals surface area (Å²) in [7, 11) is 0. The van der Waals surface area contributed by atoms with Gasteiger partial charge in [-0.3, -0.25) is 19.4 Å². The van der Waals surface area contributed by atoms with Crippen LogP contribution in [0.2, 0.25) is 0 Å². The molecule has 0 aromatic heterocycles. The first-order valence-corrected chi connectivity index (χ1v) is 19.1. The van der Waals surface area contributed by atoms with Crippen molar-refractivity contribution in [2.45, 2.75) is 87.5 Å². The number of fused-ring (bicyclic) bond motifs is 3. The van der Waals surface area contributed by atoms with Crippen LogP contribution in [0.4, 0.5) is 5.69 Å². The molecule has 8 N–H and O–H groups in total. The van der Waals surface area contributed by atoms with E-state index >= 15 is 0 Å². The van der Waals surface area contributed by atoms with E-state index in [0.29, 0.717) is 35.9 Å². The Balaban J connectivity index is 1.30. The molecule has 3 aliphatic heterocycles. The van der Waals surface area contributed by atoms with Gasteiger partial charge in [-0.05, 0) is 48.2 Å². The van der Waals surface area contributed by atoms with Gasteiger partial charge in [0, 0.05) is 40.8 Å². The Morgan fingerprint density at radius 1 is 0.932 bits per heavy atom. The van der Waals surface area contributed by atoms with Crippen molar-refractivity contribution in [1.82, 2.24) is 0 Å². The second kappa shape index (κ2) is 15.8. The third-order valence-electron chi connectivity index (χ3n) is 11.3. The van der Waals surface area contributed by atoms with Gasteiger partial charge < -0.3 is 60.3 Å². The Labute approximate surface area is 335 Å². The van der Waals surface area contributed by atoms with E-state index in [0.717, 1.165) is 0 Å². The first kappa shape index (κ1) is 40.1. The SMILES string of the molecule is NC1=NC(=O)C2=NCN(c3ccccc3Cc3cc4c(c(OC[C@H](O)CC=O)c3O[C@H]3O[C@@H](C5(O)CCCC5)[C@H](O)[C@@H](O)[C@@H]3O)C(=O)c3cc(CO)ccc3C4=O)C2=N1. The van der Waals surface area contributed by atoms with E-state index in [-0.39, 0.29) is 89.2 Å². The minimum atomic E-state index is -1.92. The number of ketones is 2. The molecule has 2 fully saturated rings. The van der Waals surface area contributed by atoms with Crippen LogP contribution < -0.4 is 20.1 Å². The summed E-state index contributed by atoms with van der Waals surface area (Å²) < 4.78 is 18.7. The van der Waals surface area contributed by atoms with Crippen LogP contribution in [0.3, 0.4) is 0 Å². The Bertz CT molecular complexity index is 2340. The average Bonchev–Trinajstić information content (AvgIpc) is 3.86. The maximum Gasteiger partial charge on any atom is 0.302 e. The van der Waals surface area contributed by atoms with Gasteiger partial charge in [0.25, 0.3) is 0 Å². The molecular formula is C41H41N5O13. The molecule has 3 heterocycles. The molecule has 18 heteroatoms. The molecule has 18 nitrogen and oxygen atoms in total. The fraction of sp³-hybridized carbons (Fsp3) is 0.390. The number of aliphatic hydroxyl groups is 6. The molecule has 8 rings (SSSR count). The molecule has 0 radical (unpaired) electrons. The lowest BCUT2D eigenvalue weighted by Crippen LogP contribution is -2.65. The van der Waals surface area contributed by atoms with Crippen molar-refractivity contribution in [3.8, 4) is 11.5 Å². The predicted octanol–water partition coefficient (Wildman–Crippen LogP) is -0.163. The number of amides is 1. The number of aldehydes is 1. The summed E-state index contributed by atoms with van der Waals surface area (Å²) in [6.45, 7) is -1.03. The summed E-state index contributed by atoms with van der Waals surface area (Å²) in [5.41, 5.74) is 5.41. The van der Waals surface area contributed by atoms with Crippen LogP contribution in [0, 0.1) is 0 Å². The number of rotatable bonds is 12. The number of aliphatic hydroxyl groups excluding tert-OH is 5. The zero-order valence-electron chi connectivity index (χ0n) is 31.4. The quantitative estimate of drug-likeness (QED) is 0.0916. The van der Waals surface area contributed by atoms with Gasteiger partial charge in [-0.15, -0.1) is 0 Å². The Kier molecular flexibility index (Phi) is 10.7.